The zero-order valence-electron chi connectivity index (χ0n) is 11.8. The van der Waals surface area contributed by atoms with Gasteiger partial charge in [0, 0.05) is 5.38 Å². The highest BCUT2D eigenvalue weighted by Gasteiger charge is 2.18. The normalized spacial score (nSPS) is 14.4. The Balaban J connectivity index is 1.87. The second-order valence-corrected chi connectivity index (χ2v) is 7.90. The number of thiophene rings is 1. The molecule has 0 aliphatic heterocycles. The number of benzene rings is 1. The average molecular weight is 336 g/mol. The standard InChI is InChI=1S/C15H16N2O3S2/c16-15(18)14-8-12(9-21-14)17-22(19,20)13-6-5-10-3-1-2-4-11(10)7-13/h5-9,17H,1-4H2,(H2,16,18). The Morgan fingerprint density at radius 3 is 2.55 bits per heavy atom. The van der Waals surface area contributed by atoms with E-state index in [1.807, 2.05) is 6.07 Å². The molecule has 0 fully saturated rings. The lowest BCUT2D eigenvalue weighted by molar-refractivity contribution is 0.100. The Morgan fingerprint density at radius 2 is 1.86 bits per heavy atom. The van der Waals surface area contributed by atoms with Gasteiger partial charge in [-0.3, -0.25) is 9.52 Å². The molecule has 1 aromatic heterocycles. The number of carbonyl (C=O) groups is 1. The van der Waals surface area contributed by atoms with Gasteiger partial charge < -0.3 is 5.73 Å². The molecule has 1 aromatic carbocycles. The quantitative estimate of drug-likeness (QED) is 0.899. The number of primary amides is 1. The number of nitrogens with two attached hydrogens (primary N) is 1. The van der Waals surface area contributed by atoms with Gasteiger partial charge in [-0.25, -0.2) is 8.42 Å². The number of aryl methyl sites for hydroxylation is 2. The number of fused-ring (bicyclic) bond motifs is 1. The number of amides is 1. The number of sulfonamides is 1. The van der Waals surface area contributed by atoms with Gasteiger partial charge in [0.05, 0.1) is 15.5 Å². The van der Waals surface area contributed by atoms with Crippen LogP contribution in [-0.2, 0) is 22.9 Å². The predicted molar refractivity (Wildman–Crippen MR) is 86.7 cm³/mol. The van der Waals surface area contributed by atoms with Crippen LogP contribution in [0.25, 0.3) is 0 Å². The van der Waals surface area contributed by atoms with Crippen molar-refractivity contribution in [3.05, 3.63) is 45.6 Å². The maximum Gasteiger partial charge on any atom is 0.261 e. The van der Waals surface area contributed by atoms with Crippen LogP contribution in [0.15, 0.2) is 34.5 Å². The molecule has 1 aliphatic carbocycles. The molecule has 2 aromatic rings. The number of carbonyl (C=O) groups excluding carboxylic acids is 1. The summed E-state index contributed by atoms with van der Waals surface area (Å²) in [5.41, 5.74) is 7.87. The fraction of sp³-hybridized carbons (Fsp3) is 0.267. The van der Waals surface area contributed by atoms with Crippen LogP contribution in [0.2, 0.25) is 0 Å². The van der Waals surface area contributed by atoms with E-state index in [1.165, 1.54) is 11.6 Å². The van der Waals surface area contributed by atoms with Gasteiger partial charge in [-0.15, -0.1) is 11.3 Å². The van der Waals surface area contributed by atoms with Crippen molar-refractivity contribution < 1.29 is 13.2 Å². The zero-order valence-corrected chi connectivity index (χ0v) is 13.5. The zero-order chi connectivity index (χ0) is 15.7. The molecule has 0 unspecified atom stereocenters. The van der Waals surface area contributed by atoms with Crippen LogP contribution in [0, 0.1) is 0 Å². The fourth-order valence-electron chi connectivity index (χ4n) is 2.61. The Kier molecular flexibility index (Phi) is 3.92. The molecule has 0 bridgehead atoms. The Labute approximate surface area is 133 Å². The lowest BCUT2D eigenvalue weighted by Gasteiger charge is -2.16. The molecular formula is C15H16N2O3S2. The van der Waals surface area contributed by atoms with Crippen LogP contribution >= 0.6 is 11.3 Å². The van der Waals surface area contributed by atoms with Crippen molar-refractivity contribution in [1.82, 2.24) is 0 Å². The monoisotopic (exact) mass is 336 g/mol. The summed E-state index contributed by atoms with van der Waals surface area (Å²) in [7, 11) is -3.65. The van der Waals surface area contributed by atoms with Gasteiger partial charge in [-0.2, -0.15) is 0 Å². The van der Waals surface area contributed by atoms with Crippen molar-refractivity contribution in [3.63, 3.8) is 0 Å². The van der Waals surface area contributed by atoms with Gasteiger partial charge in [0.1, 0.15) is 0 Å². The van der Waals surface area contributed by atoms with E-state index in [1.54, 1.807) is 17.5 Å². The van der Waals surface area contributed by atoms with Gasteiger partial charge in [0.25, 0.3) is 15.9 Å². The van der Waals surface area contributed by atoms with Crippen LogP contribution in [0.4, 0.5) is 5.69 Å². The summed E-state index contributed by atoms with van der Waals surface area (Å²) in [4.78, 5) is 11.6. The summed E-state index contributed by atoms with van der Waals surface area (Å²) in [5.74, 6) is -0.566. The lowest BCUT2D eigenvalue weighted by Crippen LogP contribution is -2.14. The average Bonchev–Trinajstić information content (AvgIpc) is 2.95. The number of hydrogen-bond acceptors (Lipinski definition) is 4. The molecule has 1 amide bonds. The molecule has 3 rings (SSSR count). The molecule has 0 radical (unpaired) electrons. The molecule has 22 heavy (non-hydrogen) atoms. The first-order valence-corrected chi connectivity index (χ1v) is 9.35. The highest BCUT2D eigenvalue weighted by molar-refractivity contribution is 7.92. The van der Waals surface area contributed by atoms with E-state index in [-0.39, 0.29) is 4.90 Å². The Morgan fingerprint density at radius 1 is 1.14 bits per heavy atom. The van der Waals surface area contributed by atoms with Crippen LogP contribution in [0.5, 0.6) is 0 Å². The molecule has 5 nitrogen and oxygen atoms in total. The summed E-state index contributed by atoms with van der Waals surface area (Å²) in [6.07, 6.45) is 4.18. The lowest BCUT2D eigenvalue weighted by atomic mass is 9.92. The molecule has 0 spiro atoms. The van der Waals surface area contributed by atoms with Crippen LogP contribution < -0.4 is 10.5 Å². The van der Waals surface area contributed by atoms with Crippen molar-refractivity contribution in [1.29, 1.82) is 0 Å². The van der Waals surface area contributed by atoms with E-state index in [2.05, 4.69) is 4.72 Å². The molecule has 7 heteroatoms. The topological polar surface area (TPSA) is 89.3 Å². The third-order valence-corrected chi connectivity index (χ3v) is 6.05. The second-order valence-electron chi connectivity index (χ2n) is 5.31. The predicted octanol–water partition coefficient (Wildman–Crippen LogP) is 2.53. The summed E-state index contributed by atoms with van der Waals surface area (Å²) >= 11 is 1.11. The summed E-state index contributed by atoms with van der Waals surface area (Å²) in [6.45, 7) is 0. The van der Waals surface area contributed by atoms with Crippen molar-refractivity contribution >= 4 is 33.0 Å². The minimum atomic E-state index is -3.65. The van der Waals surface area contributed by atoms with Crippen molar-refractivity contribution in [2.75, 3.05) is 4.72 Å². The summed E-state index contributed by atoms with van der Waals surface area (Å²) in [5, 5.41) is 1.57. The van der Waals surface area contributed by atoms with E-state index in [0.29, 0.717) is 10.6 Å². The van der Waals surface area contributed by atoms with E-state index in [4.69, 9.17) is 5.73 Å². The van der Waals surface area contributed by atoms with Crippen LogP contribution in [0.1, 0.15) is 33.6 Å². The number of hydrogen-bond donors (Lipinski definition) is 2. The highest BCUT2D eigenvalue weighted by atomic mass is 32.2. The molecule has 116 valence electrons. The second kappa shape index (κ2) is 5.73. The van der Waals surface area contributed by atoms with Crippen LogP contribution in [0.3, 0.4) is 0 Å². The molecule has 0 saturated heterocycles. The minimum absolute atomic E-state index is 0.250. The number of anilines is 1. The SMILES string of the molecule is NC(=O)c1cc(NS(=O)(=O)c2ccc3c(c2)CCCC3)cs1. The van der Waals surface area contributed by atoms with Gasteiger partial charge in [-0.1, -0.05) is 6.07 Å². The Hall–Kier alpha value is -1.86. The van der Waals surface area contributed by atoms with Crippen LogP contribution in [-0.4, -0.2) is 14.3 Å². The van der Waals surface area contributed by atoms with Gasteiger partial charge >= 0.3 is 0 Å². The fourth-order valence-corrected chi connectivity index (χ4v) is 4.47. The summed E-state index contributed by atoms with van der Waals surface area (Å²) < 4.78 is 27.4. The molecular weight excluding hydrogens is 320 g/mol. The van der Waals surface area contributed by atoms with E-state index in [0.717, 1.165) is 42.6 Å². The first-order chi connectivity index (χ1) is 10.5. The third kappa shape index (κ3) is 3.00. The smallest absolute Gasteiger partial charge is 0.261 e. The first-order valence-electron chi connectivity index (χ1n) is 6.99. The maximum atomic E-state index is 12.4. The molecule has 3 N–H and O–H groups in total. The van der Waals surface area contributed by atoms with Crippen molar-refractivity contribution in [2.45, 2.75) is 30.6 Å². The van der Waals surface area contributed by atoms with E-state index < -0.39 is 15.9 Å². The van der Waals surface area contributed by atoms with Crippen molar-refractivity contribution in [3.8, 4) is 0 Å². The van der Waals surface area contributed by atoms with Gasteiger partial charge in [0.15, 0.2) is 0 Å². The summed E-state index contributed by atoms with van der Waals surface area (Å²) in [6, 6.07) is 6.72. The first kappa shape index (κ1) is 15.1. The minimum Gasteiger partial charge on any atom is -0.365 e. The molecule has 1 aliphatic rings. The molecule has 1 heterocycles. The number of nitrogens with one attached hydrogen (secondary N) is 1. The van der Waals surface area contributed by atoms with E-state index >= 15 is 0 Å². The van der Waals surface area contributed by atoms with Gasteiger partial charge in [0.2, 0.25) is 0 Å². The largest absolute Gasteiger partial charge is 0.365 e. The molecule has 0 atom stereocenters. The third-order valence-electron chi connectivity index (χ3n) is 3.72. The maximum absolute atomic E-state index is 12.4. The van der Waals surface area contributed by atoms with E-state index in [9.17, 15) is 13.2 Å². The highest BCUT2D eigenvalue weighted by Crippen LogP contribution is 2.26. The Bertz CT molecular complexity index is 825. The van der Waals surface area contributed by atoms with Gasteiger partial charge in [-0.05, 0) is 55.0 Å². The number of rotatable bonds is 4. The van der Waals surface area contributed by atoms with Crippen molar-refractivity contribution in [2.24, 2.45) is 5.73 Å². The molecule has 0 saturated carbocycles.